The van der Waals surface area contributed by atoms with Crippen molar-refractivity contribution in [1.82, 2.24) is 14.5 Å². The molecule has 2 atom stereocenters. The zero-order valence-corrected chi connectivity index (χ0v) is 16.6. The Kier molecular flexibility index (Phi) is 4.11. The molecule has 1 spiro atoms. The molecule has 152 valence electrons. The van der Waals surface area contributed by atoms with Crippen molar-refractivity contribution in [3.8, 4) is 0 Å². The van der Waals surface area contributed by atoms with Crippen LogP contribution < -0.4 is 0 Å². The second kappa shape index (κ2) is 7.49. The molecule has 3 aromatic rings. The predicted octanol–water partition coefficient (Wildman–Crippen LogP) is 5.17. The molecule has 1 amide bonds. The Morgan fingerprint density at radius 2 is 2.17 bits per heavy atom. The van der Waals surface area contributed by atoms with Gasteiger partial charge in [-0.3, -0.25) is 4.90 Å². The van der Waals surface area contributed by atoms with Gasteiger partial charge >= 0.3 is 6.09 Å². The summed E-state index contributed by atoms with van der Waals surface area (Å²) in [7, 11) is 0. The maximum Gasteiger partial charge on any atom is 0.410 e. The molecule has 0 radical (unpaired) electrons. The molecule has 1 aromatic heterocycles. The molecular formula is C24H24N4O2. The first kappa shape index (κ1) is 16.5. The van der Waals surface area contributed by atoms with Crippen LogP contribution in [0.5, 0.6) is 0 Å². The van der Waals surface area contributed by atoms with Crippen molar-refractivity contribution in [1.29, 1.82) is 0 Å². The largest absolute Gasteiger partial charge is 0.441 e. The molecular weight excluding hydrogens is 376 g/mol. The van der Waals surface area contributed by atoms with Gasteiger partial charge in [-0.25, -0.2) is 14.6 Å². The van der Waals surface area contributed by atoms with Crippen molar-refractivity contribution in [2.24, 2.45) is 5.92 Å². The fourth-order valence-corrected chi connectivity index (χ4v) is 4.75. The molecule has 30 heavy (non-hydrogen) atoms. The maximum absolute atomic E-state index is 12.8. The number of amides is 1. The summed E-state index contributed by atoms with van der Waals surface area (Å²) in [6.45, 7) is 6.31. The smallest absolute Gasteiger partial charge is 0.410 e. The van der Waals surface area contributed by atoms with Gasteiger partial charge in [-0.2, -0.15) is 0 Å². The van der Waals surface area contributed by atoms with Crippen LogP contribution in [0.2, 0.25) is 0 Å². The quantitative estimate of drug-likeness (QED) is 0.566. The van der Waals surface area contributed by atoms with Gasteiger partial charge < -0.3 is 9.30 Å². The highest BCUT2D eigenvalue weighted by molar-refractivity contribution is 5.79. The number of nitrogens with zero attached hydrogens (tertiary/aromatic N) is 4. The van der Waals surface area contributed by atoms with E-state index < -0.39 is 18.2 Å². The number of aromatic nitrogens is 2. The van der Waals surface area contributed by atoms with Crippen molar-refractivity contribution < 1.29 is 12.3 Å². The zero-order valence-electron chi connectivity index (χ0n) is 18.6. The number of ether oxygens (including phenoxy) is 1. The van der Waals surface area contributed by atoms with Gasteiger partial charge in [0.1, 0.15) is 5.60 Å². The zero-order chi connectivity index (χ0) is 22.3. The Morgan fingerprint density at radius 3 is 3.00 bits per heavy atom. The van der Waals surface area contributed by atoms with Crippen LogP contribution in [0.1, 0.15) is 34.0 Å². The van der Waals surface area contributed by atoms with Gasteiger partial charge in [0.15, 0.2) is 5.69 Å². The molecule has 1 aliphatic carbocycles. The van der Waals surface area contributed by atoms with Crippen molar-refractivity contribution in [3.63, 3.8) is 0 Å². The fourth-order valence-electron chi connectivity index (χ4n) is 4.75. The molecule has 2 aromatic carbocycles. The summed E-state index contributed by atoms with van der Waals surface area (Å²) in [6.07, 6.45) is 4.56. The van der Waals surface area contributed by atoms with Gasteiger partial charge in [0.2, 0.25) is 0 Å². The van der Waals surface area contributed by atoms with Gasteiger partial charge in [0.25, 0.3) is 0 Å². The lowest BCUT2D eigenvalue weighted by molar-refractivity contribution is 0.00415. The molecule has 6 heteroatoms. The summed E-state index contributed by atoms with van der Waals surface area (Å²) in [6, 6.07) is 14.3. The van der Waals surface area contributed by atoms with E-state index in [-0.39, 0.29) is 12.5 Å². The summed E-state index contributed by atoms with van der Waals surface area (Å²) in [5, 5.41) is 0. The summed E-state index contributed by atoms with van der Waals surface area (Å²) < 4.78 is 25.1. The van der Waals surface area contributed by atoms with Gasteiger partial charge in [-0.05, 0) is 49.3 Å². The third-order valence-electron chi connectivity index (χ3n) is 6.10. The van der Waals surface area contributed by atoms with E-state index >= 15 is 0 Å². The van der Waals surface area contributed by atoms with Crippen molar-refractivity contribution in [2.45, 2.75) is 44.3 Å². The number of imidazole rings is 1. The minimum Gasteiger partial charge on any atom is -0.441 e. The van der Waals surface area contributed by atoms with E-state index in [4.69, 9.17) is 14.1 Å². The molecule has 0 unspecified atom stereocenters. The lowest BCUT2D eigenvalue weighted by Gasteiger charge is -2.36. The van der Waals surface area contributed by atoms with E-state index in [1.807, 2.05) is 18.2 Å². The van der Waals surface area contributed by atoms with E-state index in [0.29, 0.717) is 17.7 Å². The van der Waals surface area contributed by atoms with Crippen LogP contribution in [0.15, 0.2) is 54.9 Å². The number of hydrogen-bond donors (Lipinski definition) is 0. The SMILES string of the molecule is [2H]C([2H])(c1ccccc1)N1C[C@@]2(CCC[C@H](Cn3cnc4ccc([N+]#[C-])cc43)C2)OC1=O. The van der Waals surface area contributed by atoms with E-state index in [0.717, 1.165) is 36.8 Å². The van der Waals surface area contributed by atoms with Crippen molar-refractivity contribution >= 4 is 22.8 Å². The minimum atomic E-state index is -1.93. The van der Waals surface area contributed by atoms with Crippen LogP contribution in [-0.2, 0) is 17.8 Å². The van der Waals surface area contributed by atoms with Crippen LogP contribution in [0.3, 0.4) is 0 Å². The average molecular weight is 402 g/mol. The minimum absolute atomic E-state index is 0.247. The Labute approximate surface area is 178 Å². The number of benzene rings is 2. The van der Waals surface area contributed by atoms with Crippen molar-refractivity contribution in [2.75, 3.05) is 6.54 Å². The topological polar surface area (TPSA) is 51.7 Å². The molecule has 1 aliphatic heterocycles. The molecule has 6 nitrogen and oxygen atoms in total. The fraction of sp³-hybridized carbons (Fsp3) is 0.375. The summed E-state index contributed by atoms with van der Waals surface area (Å²) in [5.41, 5.74) is 2.16. The molecule has 2 aliphatic rings. The normalized spacial score (nSPS) is 25.1. The Balaban J connectivity index is 1.35. The van der Waals surface area contributed by atoms with Crippen LogP contribution in [0, 0.1) is 12.5 Å². The number of fused-ring (bicyclic) bond motifs is 1. The number of carbonyl (C=O) groups excluding carboxylic acids is 1. The second-order valence-corrected chi connectivity index (χ2v) is 8.26. The van der Waals surface area contributed by atoms with Gasteiger partial charge in [-0.15, -0.1) is 0 Å². The third-order valence-corrected chi connectivity index (χ3v) is 6.10. The lowest BCUT2D eigenvalue weighted by Crippen LogP contribution is -2.40. The molecule has 5 rings (SSSR count). The highest BCUT2D eigenvalue weighted by atomic mass is 16.6. The Hall–Kier alpha value is -3.33. The van der Waals surface area contributed by atoms with Gasteiger partial charge in [-0.1, -0.05) is 36.4 Å². The van der Waals surface area contributed by atoms with Crippen LogP contribution in [0.4, 0.5) is 10.5 Å². The van der Waals surface area contributed by atoms with Crippen LogP contribution >= 0.6 is 0 Å². The molecule has 1 saturated carbocycles. The number of rotatable bonds is 4. The van der Waals surface area contributed by atoms with E-state index in [9.17, 15) is 4.79 Å². The second-order valence-electron chi connectivity index (χ2n) is 8.26. The first-order valence-electron chi connectivity index (χ1n) is 11.3. The monoisotopic (exact) mass is 402 g/mol. The highest BCUT2D eigenvalue weighted by Crippen LogP contribution is 2.41. The van der Waals surface area contributed by atoms with E-state index in [2.05, 4.69) is 14.4 Å². The first-order chi connectivity index (χ1) is 15.4. The van der Waals surface area contributed by atoms with Crippen LogP contribution in [-0.4, -0.2) is 32.7 Å². The molecule has 2 fully saturated rings. The van der Waals surface area contributed by atoms with E-state index in [1.165, 1.54) is 4.90 Å². The van der Waals surface area contributed by atoms with E-state index in [1.54, 1.807) is 36.7 Å². The predicted molar refractivity (Wildman–Crippen MR) is 114 cm³/mol. The van der Waals surface area contributed by atoms with Crippen molar-refractivity contribution in [3.05, 3.63) is 71.8 Å². The maximum atomic E-state index is 12.8. The third kappa shape index (κ3) is 3.52. The number of carbonyl (C=O) groups is 1. The van der Waals surface area contributed by atoms with Crippen LogP contribution in [0.25, 0.3) is 15.9 Å². The summed E-state index contributed by atoms with van der Waals surface area (Å²) in [5.74, 6) is 0.271. The Bertz CT molecular complexity index is 1200. The highest BCUT2D eigenvalue weighted by Gasteiger charge is 2.47. The molecule has 0 N–H and O–H groups in total. The van der Waals surface area contributed by atoms with Gasteiger partial charge in [0.05, 0.1) is 33.2 Å². The first-order valence-corrected chi connectivity index (χ1v) is 10.3. The number of hydrogen-bond acceptors (Lipinski definition) is 3. The summed E-state index contributed by atoms with van der Waals surface area (Å²) >= 11 is 0. The van der Waals surface area contributed by atoms with Gasteiger partial charge in [0, 0.05) is 13.0 Å². The molecule has 2 heterocycles. The molecule has 0 bridgehead atoms. The molecule has 1 saturated heterocycles. The Morgan fingerprint density at radius 1 is 1.30 bits per heavy atom. The average Bonchev–Trinajstić information content (AvgIpc) is 3.34. The summed E-state index contributed by atoms with van der Waals surface area (Å²) in [4.78, 5) is 22.0. The standard InChI is InChI=1S/C24H24N4O2/c1-25-20-9-10-21-22(12-20)28(17-26-21)15-19-8-5-11-24(13-19)16-27(23(29)30-24)14-18-6-3-2-4-7-18/h2-4,6-7,9-10,12,17,19H,5,8,11,13-16H2/t19-,24-/m0/s1/i14D2. The lowest BCUT2D eigenvalue weighted by atomic mass is 9.78.